The monoisotopic (exact) mass is 422 g/mol. The summed E-state index contributed by atoms with van der Waals surface area (Å²) < 4.78 is 28.9. The summed E-state index contributed by atoms with van der Waals surface area (Å²) in [5, 5.41) is 7.25. The van der Waals surface area contributed by atoms with Crippen LogP contribution in [0, 0.1) is 12.7 Å². The lowest BCUT2D eigenvalue weighted by molar-refractivity contribution is 0.102. The van der Waals surface area contributed by atoms with Crippen LogP contribution in [0.15, 0.2) is 53.2 Å². The van der Waals surface area contributed by atoms with Gasteiger partial charge in [-0.3, -0.25) is 4.79 Å². The topological polar surface area (TPSA) is 99.4 Å². The number of hydrogen-bond donors (Lipinski definition) is 1. The number of rotatable bonds is 7. The summed E-state index contributed by atoms with van der Waals surface area (Å²) >= 11 is 0. The van der Waals surface area contributed by atoms with Gasteiger partial charge in [-0.05, 0) is 43.3 Å². The van der Waals surface area contributed by atoms with Gasteiger partial charge >= 0.3 is 0 Å². The number of ether oxygens (including phenoxy) is 2. The van der Waals surface area contributed by atoms with Crippen molar-refractivity contribution >= 4 is 22.7 Å². The fraction of sp³-hybridized carbons (Fsp3) is 0.182. The molecule has 0 fully saturated rings. The molecular formula is C22H19FN4O4. The van der Waals surface area contributed by atoms with Gasteiger partial charge in [-0.2, -0.15) is 0 Å². The molecule has 4 aromatic rings. The van der Waals surface area contributed by atoms with Crippen LogP contribution in [0.4, 0.5) is 10.1 Å². The van der Waals surface area contributed by atoms with E-state index in [0.29, 0.717) is 52.7 Å². The highest BCUT2D eigenvalue weighted by molar-refractivity contribution is 6.13. The summed E-state index contributed by atoms with van der Waals surface area (Å²) in [5.41, 5.74) is 2.71. The number of aromatic nitrogens is 3. The Hall–Kier alpha value is -3.85. The van der Waals surface area contributed by atoms with Crippen molar-refractivity contribution in [3.05, 3.63) is 65.7 Å². The van der Waals surface area contributed by atoms with Crippen LogP contribution in [0.1, 0.15) is 16.1 Å². The van der Waals surface area contributed by atoms with Crippen LogP contribution in [0.2, 0.25) is 0 Å². The second-order valence-electron chi connectivity index (χ2n) is 6.69. The molecule has 8 nitrogen and oxygen atoms in total. The van der Waals surface area contributed by atoms with E-state index >= 15 is 0 Å². The fourth-order valence-electron chi connectivity index (χ4n) is 3.01. The van der Waals surface area contributed by atoms with E-state index in [0.717, 1.165) is 0 Å². The first-order chi connectivity index (χ1) is 15.0. The summed E-state index contributed by atoms with van der Waals surface area (Å²) in [6.07, 6.45) is 1.50. The van der Waals surface area contributed by atoms with Gasteiger partial charge in [0, 0.05) is 18.7 Å². The molecule has 0 atom stereocenters. The minimum atomic E-state index is -0.378. The van der Waals surface area contributed by atoms with Gasteiger partial charge in [0.15, 0.2) is 0 Å². The van der Waals surface area contributed by atoms with Crippen molar-refractivity contribution in [2.45, 2.75) is 6.92 Å². The van der Waals surface area contributed by atoms with Crippen molar-refractivity contribution in [3.8, 4) is 17.1 Å². The third-order valence-electron chi connectivity index (χ3n) is 4.53. The molecule has 0 aliphatic rings. The highest BCUT2D eigenvalue weighted by atomic mass is 19.1. The van der Waals surface area contributed by atoms with Crippen molar-refractivity contribution in [1.82, 2.24) is 15.1 Å². The molecule has 158 valence electrons. The molecule has 3 aromatic heterocycles. The number of hydrogen-bond acceptors (Lipinski definition) is 7. The van der Waals surface area contributed by atoms with Crippen LogP contribution >= 0.6 is 0 Å². The lowest BCUT2D eigenvalue weighted by Crippen LogP contribution is -2.13. The van der Waals surface area contributed by atoms with Gasteiger partial charge < -0.3 is 19.3 Å². The highest BCUT2D eigenvalue weighted by Crippen LogP contribution is 2.28. The van der Waals surface area contributed by atoms with E-state index in [9.17, 15) is 9.18 Å². The Bertz CT molecular complexity index is 1210. The molecule has 3 heterocycles. The number of pyridine rings is 2. The first kappa shape index (κ1) is 20.4. The van der Waals surface area contributed by atoms with Gasteiger partial charge in [-0.1, -0.05) is 5.16 Å². The number of halogens is 1. The van der Waals surface area contributed by atoms with E-state index in [2.05, 4.69) is 20.4 Å². The number of carbonyl (C=O) groups is 1. The Kier molecular flexibility index (Phi) is 5.85. The van der Waals surface area contributed by atoms with Crippen molar-refractivity contribution in [2.75, 3.05) is 25.6 Å². The predicted molar refractivity (Wildman–Crippen MR) is 111 cm³/mol. The SMILES string of the molecule is COCCOc1ccc(NC(=O)c2cc(-c3ccc(F)cc3)nc3onc(C)c23)cn1. The van der Waals surface area contributed by atoms with E-state index in [1.807, 2.05) is 0 Å². The summed E-state index contributed by atoms with van der Waals surface area (Å²) in [6.45, 7) is 2.56. The predicted octanol–water partition coefficient (Wildman–Crippen LogP) is 4.01. The third-order valence-corrected chi connectivity index (χ3v) is 4.53. The molecule has 31 heavy (non-hydrogen) atoms. The number of anilines is 1. The average Bonchev–Trinajstić information content (AvgIpc) is 3.16. The Labute approximate surface area is 177 Å². The van der Waals surface area contributed by atoms with Crippen LogP contribution in [0.5, 0.6) is 5.88 Å². The quantitative estimate of drug-likeness (QED) is 0.449. The zero-order chi connectivity index (χ0) is 21.8. The molecule has 0 aliphatic carbocycles. The van der Waals surface area contributed by atoms with Gasteiger partial charge in [0.25, 0.3) is 11.6 Å². The molecule has 0 saturated carbocycles. The minimum absolute atomic E-state index is 0.226. The summed E-state index contributed by atoms with van der Waals surface area (Å²) in [5.74, 6) is -0.313. The smallest absolute Gasteiger partial charge is 0.259 e. The van der Waals surface area contributed by atoms with Crippen molar-refractivity contribution in [2.24, 2.45) is 0 Å². The lowest BCUT2D eigenvalue weighted by Gasteiger charge is -2.09. The number of carbonyl (C=O) groups excluding carboxylic acids is 1. The fourth-order valence-corrected chi connectivity index (χ4v) is 3.01. The third kappa shape index (κ3) is 4.51. The lowest BCUT2D eigenvalue weighted by atomic mass is 10.0. The van der Waals surface area contributed by atoms with Crippen molar-refractivity contribution < 1.29 is 23.2 Å². The van der Waals surface area contributed by atoms with E-state index in [1.165, 1.54) is 18.3 Å². The molecule has 0 spiro atoms. The van der Waals surface area contributed by atoms with E-state index < -0.39 is 0 Å². The van der Waals surface area contributed by atoms with Crippen LogP contribution in [-0.2, 0) is 4.74 Å². The van der Waals surface area contributed by atoms with Gasteiger partial charge in [0.2, 0.25) is 5.88 Å². The molecule has 1 amide bonds. The number of benzene rings is 1. The van der Waals surface area contributed by atoms with E-state index in [1.54, 1.807) is 44.4 Å². The van der Waals surface area contributed by atoms with Crippen LogP contribution in [0.25, 0.3) is 22.4 Å². The maximum atomic E-state index is 13.3. The average molecular weight is 422 g/mol. The standard InChI is InChI=1S/C22H19FN4O4/c1-13-20-17(21(28)25-16-7-8-19(24-12-16)30-10-9-29-2)11-18(26-22(20)31-27-13)14-3-5-15(23)6-4-14/h3-8,11-12H,9-10H2,1-2H3,(H,25,28). The van der Waals surface area contributed by atoms with Crippen LogP contribution < -0.4 is 10.1 Å². The molecular weight excluding hydrogens is 403 g/mol. The Morgan fingerprint density at radius 3 is 2.68 bits per heavy atom. The Morgan fingerprint density at radius 2 is 1.97 bits per heavy atom. The number of amides is 1. The van der Waals surface area contributed by atoms with Crippen LogP contribution in [0.3, 0.4) is 0 Å². The number of aryl methyl sites for hydroxylation is 1. The van der Waals surface area contributed by atoms with Crippen molar-refractivity contribution in [1.29, 1.82) is 0 Å². The number of methoxy groups -OCH3 is 1. The largest absolute Gasteiger partial charge is 0.475 e. The zero-order valence-corrected chi connectivity index (χ0v) is 16.9. The number of nitrogens with one attached hydrogen (secondary N) is 1. The highest BCUT2D eigenvalue weighted by Gasteiger charge is 2.19. The molecule has 0 aliphatic heterocycles. The second-order valence-corrected chi connectivity index (χ2v) is 6.69. The molecule has 1 N–H and O–H groups in total. The van der Waals surface area contributed by atoms with E-state index in [4.69, 9.17) is 14.0 Å². The summed E-state index contributed by atoms with van der Waals surface area (Å²) in [4.78, 5) is 21.7. The van der Waals surface area contributed by atoms with Gasteiger partial charge in [0.1, 0.15) is 12.4 Å². The molecule has 1 aromatic carbocycles. The maximum absolute atomic E-state index is 13.3. The molecule has 0 unspecified atom stereocenters. The minimum Gasteiger partial charge on any atom is -0.475 e. The number of fused-ring (bicyclic) bond motifs is 1. The Balaban J connectivity index is 1.62. The first-order valence-corrected chi connectivity index (χ1v) is 9.47. The molecule has 4 rings (SSSR count). The van der Waals surface area contributed by atoms with Gasteiger partial charge in [-0.25, -0.2) is 14.4 Å². The summed E-state index contributed by atoms with van der Waals surface area (Å²) in [6, 6.07) is 10.8. The van der Waals surface area contributed by atoms with E-state index in [-0.39, 0.29) is 17.4 Å². The van der Waals surface area contributed by atoms with Crippen LogP contribution in [-0.4, -0.2) is 41.4 Å². The van der Waals surface area contributed by atoms with Gasteiger partial charge in [-0.15, -0.1) is 0 Å². The number of nitrogens with zero attached hydrogens (tertiary/aromatic N) is 3. The maximum Gasteiger partial charge on any atom is 0.259 e. The van der Waals surface area contributed by atoms with Crippen molar-refractivity contribution in [3.63, 3.8) is 0 Å². The van der Waals surface area contributed by atoms with Gasteiger partial charge in [0.05, 0.1) is 40.8 Å². The zero-order valence-electron chi connectivity index (χ0n) is 16.9. The molecule has 0 bridgehead atoms. The first-order valence-electron chi connectivity index (χ1n) is 9.47. The normalized spacial score (nSPS) is 10.9. The second kappa shape index (κ2) is 8.88. The molecule has 0 saturated heterocycles. The molecule has 9 heteroatoms. The summed E-state index contributed by atoms with van der Waals surface area (Å²) in [7, 11) is 1.59. The molecule has 0 radical (unpaired) electrons. The Morgan fingerprint density at radius 1 is 1.16 bits per heavy atom.